The van der Waals surface area contributed by atoms with Crippen molar-refractivity contribution in [3.05, 3.63) is 24.3 Å². The summed E-state index contributed by atoms with van der Waals surface area (Å²) in [4.78, 5) is 47.6. The summed E-state index contributed by atoms with van der Waals surface area (Å²) in [6, 6.07) is 5.24. The molecule has 0 unspecified atom stereocenters. The number of Topliss-reactive ketones (excluding diaryl/α,β-unsaturated/α-hetero) is 1. The van der Waals surface area contributed by atoms with E-state index in [0.717, 1.165) is 11.8 Å². The number of carbonyl (C=O) groups excluding carboxylic acids is 4. The van der Waals surface area contributed by atoms with Crippen LogP contribution >= 0.6 is 0 Å². The van der Waals surface area contributed by atoms with E-state index in [1.165, 1.54) is 19.2 Å². The van der Waals surface area contributed by atoms with Crippen molar-refractivity contribution >= 4 is 29.3 Å². The lowest BCUT2D eigenvalue weighted by Gasteiger charge is -2.28. The molecule has 0 spiro atoms. The lowest BCUT2D eigenvalue weighted by Crippen LogP contribution is -2.59. The summed E-state index contributed by atoms with van der Waals surface area (Å²) in [5.41, 5.74) is 0.257. The molecule has 1 saturated heterocycles. The zero-order valence-electron chi connectivity index (χ0n) is 10.9. The van der Waals surface area contributed by atoms with E-state index in [4.69, 9.17) is 4.74 Å². The van der Waals surface area contributed by atoms with E-state index in [2.05, 4.69) is 0 Å². The second-order valence-corrected chi connectivity index (χ2v) is 4.21. The van der Waals surface area contributed by atoms with Crippen molar-refractivity contribution in [2.45, 2.75) is 6.92 Å². The van der Waals surface area contributed by atoms with Gasteiger partial charge in [-0.1, -0.05) is 0 Å². The average Bonchev–Trinajstić information content (AvgIpc) is 2.38. The van der Waals surface area contributed by atoms with E-state index in [1.54, 1.807) is 12.1 Å². The van der Waals surface area contributed by atoms with E-state index >= 15 is 0 Å². The summed E-state index contributed by atoms with van der Waals surface area (Å²) in [7, 11) is 1.48. The Balaban J connectivity index is 2.38. The normalized spacial score (nSPS) is 18.8. The number of ether oxygens (including phenoxy) is 1. The van der Waals surface area contributed by atoms with Crippen LogP contribution in [0, 0.1) is 5.92 Å². The maximum Gasteiger partial charge on any atom is 0.335 e. The van der Waals surface area contributed by atoms with Gasteiger partial charge in [-0.3, -0.25) is 19.7 Å². The van der Waals surface area contributed by atoms with Crippen molar-refractivity contribution < 1.29 is 23.9 Å². The fourth-order valence-corrected chi connectivity index (χ4v) is 1.91. The largest absolute Gasteiger partial charge is 0.497 e. The zero-order chi connectivity index (χ0) is 14.9. The number of benzene rings is 1. The van der Waals surface area contributed by atoms with E-state index in [-0.39, 0.29) is 5.69 Å². The monoisotopic (exact) mass is 276 g/mol. The number of amides is 4. The molecule has 1 heterocycles. The first-order chi connectivity index (χ1) is 9.45. The number of carbonyl (C=O) groups is 4. The van der Waals surface area contributed by atoms with E-state index < -0.39 is 29.5 Å². The molecule has 20 heavy (non-hydrogen) atoms. The molecule has 1 aromatic carbocycles. The van der Waals surface area contributed by atoms with Crippen molar-refractivity contribution in [2.24, 2.45) is 5.92 Å². The zero-order valence-corrected chi connectivity index (χ0v) is 10.9. The fraction of sp³-hybridized carbons (Fsp3) is 0.231. The highest BCUT2D eigenvalue weighted by molar-refractivity contribution is 6.34. The number of barbiturate groups is 1. The highest BCUT2D eigenvalue weighted by Crippen LogP contribution is 2.23. The molecule has 0 aliphatic carbocycles. The maximum absolute atomic E-state index is 12.1. The van der Waals surface area contributed by atoms with Crippen molar-refractivity contribution in [3.8, 4) is 5.75 Å². The van der Waals surface area contributed by atoms with Gasteiger partial charge < -0.3 is 4.74 Å². The Morgan fingerprint density at radius 1 is 1.20 bits per heavy atom. The van der Waals surface area contributed by atoms with Gasteiger partial charge in [-0.15, -0.1) is 0 Å². The third-order valence-corrected chi connectivity index (χ3v) is 2.90. The molecule has 104 valence electrons. The van der Waals surface area contributed by atoms with Gasteiger partial charge in [0.05, 0.1) is 12.8 Å². The Labute approximate surface area is 114 Å². The van der Waals surface area contributed by atoms with Crippen LogP contribution in [0.3, 0.4) is 0 Å². The molecule has 2 rings (SSSR count). The molecule has 1 aliphatic rings. The predicted molar refractivity (Wildman–Crippen MR) is 68.2 cm³/mol. The van der Waals surface area contributed by atoms with Gasteiger partial charge in [-0.2, -0.15) is 0 Å². The molecule has 0 saturated carbocycles. The predicted octanol–water partition coefficient (Wildman–Crippen LogP) is 0.483. The van der Waals surface area contributed by atoms with Gasteiger partial charge in [-0.05, 0) is 31.2 Å². The number of rotatable bonds is 3. The number of methoxy groups -OCH3 is 1. The number of urea groups is 1. The molecule has 1 N–H and O–H groups in total. The van der Waals surface area contributed by atoms with Crippen LogP contribution in [0.15, 0.2) is 24.3 Å². The summed E-state index contributed by atoms with van der Waals surface area (Å²) in [5.74, 6) is -3.29. The summed E-state index contributed by atoms with van der Waals surface area (Å²) in [6.07, 6.45) is 0. The first kappa shape index (κ1) is 13.7. The van der Waals surface area contributed by atoms with Gasteiger partial charge in [-0.25, -0.2) is 9.69 Å². The van der Waals surface area contributed by atoms with E-state index in [9.17, 15) is 19.2 Å². The Bertz CT molecular complexity index is 593. The molecule has 4 amide bonds. The van der Waals surface area contributed by atoms with Gasteiger partial charge in [0.2, 0.25) is 5.91 Å². The minimum Gasteiger partial charge on any atom is -0.497 e. The lowest BCUT2D eigenvalue weighted by atomic mass is 10.00. The molecule has 1 aromatic rings. The SMILES string of the molecule is COc1ccc(N2C(=O)NC(=O)[C@H](C(C)=O)C2=O)cc1. The molecule has 1 aliphatic heterocycles. The molecule has 7 nitrogen and oxygen atoms in total. The summed E-state index contributed by atoms with van der Waals surface area (Å²) in [5, 5.41) is 1.99. The van der Waals surface area contributed by atoms with Crippen molar-refractivity contribution in [2.75, 3.05) is 12.0 Å². The smallest absolute Gasteiger partial charge is 0.335 e. The van der Waals surface area contributed by atoms with Crippen LogP contribution in [0.2, 0.25) is 0 Å². The summed E-state index contributed by atoms with van der Waals surface area (Å²) >= 11 is 0. The Kier molecular flexibility index (Phi) is 3.51. The highest BCUT2D eigenvalue weighted by Gasteiger charge is 2.43. The van der Waals surface area contributed by atoms with Crippen LogP contribution in [0.1, 0.15) is 6.92 Å². The van der Waals surface area contributed by atoms with Gasteiger partial charge in [0.15, 0.2) is 11.7 Å². The topological polar surface area (TPSA) is 92.8 Å². The highest BCUT2D eigenvalue weighted by atomic mass is 16.5. The molecule has 0 aromatic heterocycles. The Morgan fingerprint density at radius 3 is 2.30 bits per heavy atom. The van der Waals surface area contributed by atoms with Gasteiger partial charge >= 0.3 is 6.03 Å². The number of imide groups is 2. The Morgan fingerprint density at radius 2 is 1.80 bits per heavy atom. The van der Waals surface area contributed by atoms with Crippen LogP contribution in [0.4, 0.5) is 10.5 Å². The van der Waals surface area contributed by atoms with Crippen molar-refractivity contribution in [1.29, 1.82) is 0 Å². The van der Waals surface area contributed by atoms with Crippen molar-refractivity contribution in [3.63, 3.8) is 0 Å². The minimum atomic E-state index is -1.49. The number of hydrogen-bond acceptors (Lipinski definition) is 5. The van der Waals surface area contributed by atoms with Crippen LogP contribution in [-0.2, 0) is 14.4 Å². The number of hydrogen-bond donors (Lipinski definition) is 1. The number of anilines is 1. The fourth-order valence-electron chi connectivity index (χ4n) is 1.91. The van der Waals surface area contributed by atoms with Crippen LogP contribution in [0.5, 0.6) is 5.75 Å². The van der Waals surface area contributed by atoms with Crippen molar-refractivity contribution in [1.82, 2.24) is 5.32 Å². The van der Waals surface area contributed by atoms with Crippen LogP contribution in [0.25, 0.3) is 0 Å². The van der Waals surface area contributed by atoms with E-state index in [1.807, 2.05) is 5.32 Å². The molecule has 0 radical (unpaired) electrons. The number of nitrogens with one attached hydrogen (secondary N) is 1. The first-order valence-corrected chi connectivity index (χ1v) is 5.79. The first-order valence-electron chi connectivity index (χ1n) is 5.79. The molecular weight excluding hydrogens is 264 g/mol. The van der Waals surface area contributed by atoms with Gasteiger partial charge in [0.25, 0.3) is 5.91 Å². The van der Waals surface area contributed by atoms with Crippen LogP contribution in [-0.4, -0.2) is 30.7 Å². The summed E-state index contributed by atoms with van der Waals surface area (Å²) < 4.78 is 4.97. The molecule has 7 heteroatoms. The third-order valence-electron chi connectivity index (χ3n) is 2.90. The Hall–Kier alpha value is -2.70. The lowest BCUT2D eigenvalue weighted by molar-refractivity contribution is -0.140. The van der Waals surface area contributed by atoms with Gasteiger partial charge in [0.1, 0.15) is 5.75 Å². The third kappa shape index (κ3) is 2.25. The number of nitrogens with zero attached hydrogens (tertiary/aromatic N) is 1. The van der Waals surface area contributed by atoms with Crippen LogP contribution < -0.4 is 15.0 Å². The maximum atomic E-state index is 12.1. The second-order valence-electron chi connectivity index (χ2n) is 4.21. The minimum absolute atomic E-state index is 0.257. The second kappa shape index (κ2) is 5.12. The quantitative estimate of drug-likeness (QED) is 0.811. The molecule has 1 fully saturated rings. The average molecular weight is 276 g/mol. The van der Waals surface area contributed by atoms with Gasteiger partial charge in [0, 0.05) is 0 Å². The molecule has 0 bridgehead atoms. The van der Waals surface area contributed by atoms with E-state index in [0.29, 0.717) is 5.75 Å². The number of ketones is 1. The summed E-state index contributed by atoms with van der Waals surface area (Å²) in [6.45, 7) is 1.13. The molecular formula is C13H12N2O5. The standard InChI is InChI=1S/C13H12N2O5/c1-7(16)10-11(17)14-13(19)15(12(10)18)8-3-5-9(20-2)6-4-8/h3-6,10H,1-2H3,(H,14,17,19)/t10-/m0/s1. The molecule has 1 atom stereocenters.